The molecule has 4 N–H and O–H groups in total. The van der Waals surface area contributed by atoms with Gasteiger partial charge in [0.1, 0.15) is 5.82 Å². The first-order chi connectivity index (χ1) is 6.20. The van der Waals surface area contributed by atoms with Gasteiger partial charge >= 0.3 is 0 Å². The summed E-state index contributed by atoms with van der Waals surface area (Å²) < 4.78 is 0. The summed E-state index contributed by atoms with van der Waals surface area (Å²) in [5.74, 6) is 1.38. The summed E-state index contributed by atoms with van der Waals surface area (Å²) in [7, 11) is 0. The van der Waals surface area contributed by atoms with Gasteiger partial charge in [0.05, 0.1) is 11.9 Å². The molecule has 1 heterocycles. The first kappa shape index (κ1) is 9.89. The molecule has 0 bridgehead atoms. The molecule has 0 amide bonds. The lowest BCUT2D eigenvalue weighted by molar-refractivity contribution is 0.567. The van der Waals surface area contributed by atoms with E-state index < -0.39 is 0 Å². The Labute approximate surface area is 78.9 Å². The van der Waals surface area contributed by atoms with E-state index in [1.165, 1.54) is 12.8 Å². The molecule has 0 atom stereocenters. The van der Waals surface area contributed by atoms with Crippen LogP contribution in [-0.2, 0) is 0 Å². The highest BCUT2D eigenvalue weighted by atomic mass is 15.2. The van der Waals surface area contributed by atoms with E-state index >= 15 is 0 Å². The predicted molar refractivity (Wildman–Crippen MR) is 55.6 cm³/mol. The van der Waals surface area contributed by atoms with Gasteiger partial charge in [-0.05, 0) is 18.8 Å². The van der Waals surface area contributed by atoms with Crippen LogP contribution in [0.1, 0.15) is 26.7 Å². The second kappa shape index (κ2) is 4.74. The van der Waals surface area contributed by atoms with Gasteiger partial charge in [-0.3, -0.25) is 5.10 Å². The number of hydrogen-bond donors (Lipinski definition) is 3. The van der Waals surface area contributed by atoms with Crippen LogP contribution in [-0.4, -0.2) is 16.7 Å². The van der Waals surface area contributed by atoms with Crippen LogP contribution in [0.15, 0.2) is 6.20 Å². The number of aromatic nitrogens is 2. The van der Waals surface area contributed by atoms with Crippen LogP contribution >= 0.6 is 0 Å². The van der Waals surface area contributed by atoms with Crippen LogP contribution in [0.2, 0.25) is 0 Å². The molecular weight excluding hydrogens is 164 g/mol. The number of nitrogen functional groups attached to an aromatic ring is 1. The van der Waals surface area contributed by atoms with E-state index in [9.17, 15) is 0 Å². The molecule has 4 heteroatoms. The van der Waals surface area contributed by atoms with E-state index in [-0.39, 0.29) is 0 Å². The average molecular weight is 182 g/mol. The molecule has 1 aromatic rings. The van der Waals surface area contributed by atoms with Gasteiger partial charge in [0.15, 0.2) is 0 Å². The number of aromatic amines is 1. The van der Waals surface area contributed by atoms with E-state index in [4.69, 9.17) is 5.73 Å². The molecule has 74 valence electrons. The molecular formula is C9H18N4. The van der Waals surface area contributed by atoms with Crippen LogP contribution in [0.25, 0.3) is 0 Å². The average Bonchev–Trinajstić information content (AvgIpc) is 2.45. The summed E-state index contributed by atoms with van der Waals surface area (Å²) in [6.07, 6.45) is 4.12. The third kappa shape index (κ3) is 3.36. The maximum Gasteiger partial charge on any atom is 0.142 e. The molecule has 1 rings (SSSR count). The number of hydrogen-bond acceptors (Lipinski definition) is 3. The third-order valence-corrected chi connectivity index (χ3v) is 1.94. The lowest BCUT2D eigenvalue weighted by Gasteiger charge is -2.06. The van der Waals surface area contributed by atoms with Gasteiger partial charge in [0, 0.05) is 6.54 Å². The minimum Gasteiger partial charge on any atom is -0.382 e. The first-order valence-electron chi connectivity index (χ1n) is 4.73. The van der Waals surface area contributed by atoms with Crippen LogP contribution in [0.5, 0.6) is 0 Å². The maximum atomic E-state index is 5.60. The fraction of sp³-hybridized carbons (Fsp3) is 0.667. The van der Waals surface area contributed by atoms with Crippen molar-refractivity contribution in [1.29, 1.82) is 0 Å². The lowest BCUT2D eigenvalue weighted by atomic mass is 10.1. The van der Waals surface area contributed by atoms with Crippen molar-refractivity contribution in [3.63, 3.8) is 0 Å². The van der Waals surface area contributed by atoms with Gasteiger partial charge in [-0.1, -0.05) is 13.8 Å². The molecule has 0 spiro atoms. The van der Waals surface area contributed by atoms with E-state index in [2.05, 4.69) is 29.4 Å². The number of nitrogens with one attached hydrogen (secondary N) is 2. The Kier molecular flexibility index (Phi) is 3.61. The molecule has 0 saturated heterocycles. The SMILES string of the molecule is CC(C)CCCNc1cn[nH]c1N. The van der Waals surface area contributed by atoms with E-state index in [0.29, 0.717) is 5.82 Å². The Balaban J connectivity index is 2.17. The number of anilines is 2. The molecule has 0 aliphatic rings. The molecule has 0 aliphatic carbocycles. The number of H-pyrrole nitrogens is 1. The fourth-order valence-corrected chi connectivity index (χ4v) is 1.17. The number of nitrogens with two attached hydrogens (primary N) is 1. The van der Waals surface area contributed by atoms with Gasteiger partial charge in [0.2, 0.25) is 0 Å². The zero-order chi connectivity index (χ0) is 9.68. The van der Waals surface area contributed by atoms with Gasteiger partial charge in [-0.15, -0.1) is 0 Å². The van der Waals surface area contributed by atoms with E-state index in [1.54, 1.807) is 6.20 Å². The third-order valence-electron chi connectivity index (χ3n) is 1.94. The fourth-order valence-electron chi connectivity index (χ4n) is 1.17. The monoisotopic (exact) mass is 182 g/mol. The summed E-state index contributed by atoms with van der Waals surface area (Å²) in [4.78, 5) is 0. The van der Waals surface area contributed by atoms with Crippen molar-refractivity contribution in [2.45, 2.75) is 26.7 Å². The van der Waals surface area contributed by atoms with Crippen molar-refractivity contribution >= 4 is 11.5 Å². The minimum absolute atomic E-state index is 0.615. The van der Waals surface area contributed by atoms with Crippen molar-refractivity contribution in [3.8, 4) is 0 Å². The molecule has 0 radical (unpaired) electrons. The zero-order valence-electron chi connectivity index (χ0n) is 8.30. The van der Waals surface area contributed by atoms with Crippen molar-refractivity contribution in [2.24, 2.45) is 5.92 Å². The molecule has 13 heavy (non-hydrogen) atoms. The lowest BCUT2D eigenvalue weighted by Crippen LogP contribution is -2.04. The summed E-state index contributed by atoms with van der Waals surface area (Å²) in [6, 6.07) is 0. The largest absolute Gasteiger partial charge is 0.382 e. The Morgan fingerprint density at radius 3 is 2.92 bits per heavy atom. The van der Waals surface area contributed by atoms with Crippen LogP contribution < -0.4 is 11.1 Å². The van der Waals surface area contributed by atoms with Gasteiger partial charge in [-0.25, -0.2) is 0 Å². The highest BCUT2D eigenvalue weighted by Gasteiger charge is 1.99. The van der Waals surface area contributed by atoms with Gasteiger partial charge in [0.25, 0.3) is 0 Å². The van der Waals surface area contributed by atoms with E-state index in [1.807, 2.05) is 0 Å². The Morgan fingerprint density at radius 1 is 1.62 bits per heavy atom. The quantitative estimate of drug-likeness (QED) is 0.609. The zero-order valence-corrected chi connectivity index (χ0v) is 8.30. The molecule has 1 aromatic heterocycles. The summed E-state index contributed by atoms with van der Waals surface area (Å²) in [5, 5.41) is 9.74. The smallest absolute Gasteiger partial charge is 0.142 e. The van der Waals surface area contributed by atoms with Crippen LogP contribution in [0.4, 0.5) is 11.5 Å². The van der Waals surface area contributed by atoms with Crippen molar-refractivity contribution < 1.29 is 0 Å². The van der Waals surface area contributed by atoms with Crippen LogP contribution in [0.3, 0.4) is 0 Å². The van der Waals surface area contributed by atoms with Crippen molar-refractivity contribution in [1.82, 2.24) is 10.2 Å². The molecule has 0 saturated carbocycles. The predicted octanol–water partition coefficient (Wildman–Crippen LogP) is 1.84. The Morgan fingerprint density at radius 2 is 2.38 bits per heavy atom. The van der Waals surface area contributed by atoms with Crippen LogP contribution in [0, 0.1) is 5.92 Å². The van der Waals surface area contributed by atoms with Crippen molar-refractivity contribution in [3.05, 3.63) is 6.20 Å². The van der Waals surface area contributed by atoms with Gasteiger partial charge in [-0.2, -0.15) is 5.10 Å². The van der Waals surface area contributed by atoms with E-state index in [0.717, 1.165) is 18.2 Å². The molecule has 0 fully saturated rings. The Bertz CT molecular complexity index is 242. The second-order valence-electron chi connectivity index (χ2n) is 3.66. The van der Waals surface area contributed by atoms with Crippen molar-refractivity contribution in [2.75, 3.05) is 17.6 Å². The second-order valence-corrected chi connectivity index (χ2v) is 3.66. The first-order valence-corrected chi connectivity index (χ1v) is 4.73. The number of rotatable bonds is 5. The maximum absolute atomic E-state index is 5.60. The molecule has 0 aromatic carbocycles. The minimum atomic E-state index is 0.615. The summed E-state index contributed by atoms with van der Waals surface area (Å²) in [6.45, 7) is 5.42. The highest BCUT2D eigenvalue weighted by molar-refractivity contribution is 5.59. The molecule has 0 unspecified atom stereocenters. The summed E-state index contributed by atoms with van der Waals surface area (Å²) in [5.41, 5.74) is 6.51. The Hall–Kier alpha value is -1.19. The topological polar surface area (TPSA) is 66.7 Å². The normalized spacial score (nSPS) is 10.7. The number of nitrogens with zero attached hydrogens (tertiary/aromatic N) is 1. The molecule has 0 aliphatic heterocycles. The summed E-state index contributed by atoms with van der Waals surface area (Å²) >= 11 is 0. The standard InChI is InChI=1S/C9H18N4/c1-7(2)4-3-5-11-8-6-12-13-9(8)10/h6-7,11H,3-5H2,1-2H3,(H3,10,12,13). The highest BCUT2D eigenvalue weighted by Crippen LogP contribution is 2.13. The molecule has 4 nitrogen and oxygen atoms in total. The van der Waals surface area contributed by atoms with Gasteiger partial charge < -0.3 is 11.1 Å².